The Labute approximate surface area is 208 Å². The number of thiazole rings is 2. The molecule has 0 aliphatic rings. The van der Waals surface area contributed by atoms with Gasteiger partial charge < -0.3 is 0 Å². The number of alkyl halides is 6. The standard InChI is InChI=1S/C19H14F6N2O5S4/c1-10-26-15(9-35(29,30)18(20,21)22)17(34-10)14-8-33-16(27-14)7-12(28)6-11-2-4-13(5-3-11)36(31,32)19(23,24)25/h2-5,8H,6-7,9H2,1H3. The van der Waals surface area contributed by atoms with Gasteiger partial charge in [-0.05, 0) is 24.6 Å². The van der Waals surface area contributed by atoms with Gasteiger partial charge in [0.1, 0.15) is 16.5 Å². The predicted octanol–water partition coefficient (Wildman–Crippen LogP) is 4.66. The van der Waals surface area contributed by atoms with Crippen LogP contribution in [-0.4, -0.2) is 43.6 Å². The van der Waals surface area contributed by atoms with E-state index in [1.165, 1.54) is 12.3 Å². The molecule has 0 unspecified atom stereocenters. The third-order valence-corrected chi connectivity index (χ3v) is 9.30. The summed E-state index contributed by atoms with van der Waals surface area (Å²) in [6.07, 6.45) is -0.461. The van der Waals surface area contributed by atoms with Gasteiger partial charge in [-0.1, -0.05) is 12.1 Å². The number of rotatable bonds is 8. The van der Waals surface area contributed by atoms with Crippen molar-refractivity contribution in [3.63, 3.8) is 0 Å². The molecule has 2 aromatic heterocycles. The lowest BCUT2D eigenvalue weighted by Crippen LogP contribution is -2.25. The number of nitrogens with zero attached hydrogens (tertiary/aromatic N) is 2. The summed E-state index contributed by atoms with van der Waals surface area (Å²) in [6, 6.07) is 3.65. The van der Waals surface area contributed by atoms with E-state index >= 15 is 0 Å². The molecule has 17 heteroatoms. The van der Waals surface area contributed by atoms with Gasteiger partial charge in [-0.15, -0.1) is 22.7 Å². The zero-order valence-corrected chi connectivity index (χ0v) is 21.1. The molecule has 1 aromatic carbocycles. The zero-order chi connectivity index (χ0) is 27.1. The maximum absolute atomic E-state index is 12.8. The highest BCUT2D eigenvalue weighted by atomic mass is 32.2. The molecule has 0 saturated carbocycles. The largest absolute Gasteiger partial charge is 0.501 e. The highest BCUT2D eigenvalue weighted by molar-refractivity contribution is 7.92. The fourth-order valence-corrected chi connectivity index (χ4v) is 6.28. The fourth-order valence-electron chi connectivity index (χ4n) is 2.91. The van der Waals surface area contributed by atoms with Crippen LogP contribution in [0.2, 0.25) is 0 Å². The van der Waals surface area contributed by atoms with Crippen molar-refractivity contribution in [3.05, 3.63) is 50.9 Å². The van der Waals surface area contributed by atoms with Gasteiger partial charge in [-0.3, -0.25) is 4.79 Å². The maximum atomic E-state index is 12.8. The van der Waals surface area contributed by atoms with Crippen molar-refractivity contribution in [3.8, 4) is 10.6 Å². The molecule has 0 radical (unpaired) electrons. The van der Waals surface area contributed by atoms with E-state index in [1.807, 2.05) is 0 Å². The van der Waals surface area contributed by atoms with Crippen LogP contribution in [0, 0.1) is 6.92 Å². The highest BCUT2D eigenvalue weighted by Gasteiger charge is 2.47. The second-order valence-corrected chi connectivity index (χ2v) is 13.4. The lowest BCUT2D eigenvalue weighted by Gasteiger charge is -2.08. The Balaban J connectivity index is 1.72. The summed E-state index contributed by atoms with van der Waals surface area (Å²) in [6.45, 7) is 1.49. The Kier molecular flexibility index (Phi) is 7.70. The number of carbonyl (C=O) groups excluding carboxylic acids is 1. The van der Waals surface area contributed by atoms with Crippen LogP contribution >= 0.6 is 22.7 Å². The lowest BCUT2D eigenvalue weighted by molar-refractivity contribution is -0.117. The summed E-state index contributed by atoms with van der Waals surface area (Å²) in [5.41, 5.74) is -10.8. The predicted molar refractivity (Wildman–Crippen MR) is 119 cm³/mol. The summed E-state index contributed by atoms with van der Waals surface area (Å²) in [4.78, 5) is 19.6. The monoisotopic (exact) mass is 592 g/mol. The molecule has 2 heterocycles. The van der Waals surface area contributed by atoms with Crippen molar-refractivity contribution in [2.45, 2.75) is 41.4 Å². The number of hydrogen-bond acceptors (Lipinski definition) is 9. The molecule has 0 saturated heterocycles. The second-order valence-electron chi connectivity index (χ2n) is 7.33. The van der Waals surface area contributed by atoms with Crippen LogP contribution in [0.25, 0.3) is 10.6 Å². The van der Waals surface area contributed by atoms with Gasteiger partial charge in [-0.2, -0.15) is 26.3 Å². The first-order valence-electron chi connectivity index (χ1n) is 9.53. The molecular formula is C19H14F6N2O5S4. The zero-order valence-electron chi connectivity index (χ0n) is 17.8. The van der Waals surface area contributed by atoms with Crippen molar-refractivity contribution in [1.82, 2.24) is 9.97 Å². The van der Waals surface area contributed by atoms with E-state index in [1.54, 1.807) is 0 Å². The van der Waals surface area contributed by atoms with E-state index in [2.05, 4.69) is 9.97 Å². The van der Waals surface area contributed by atoms with Crippen LogP contribution in [0.5, 0.6) is 0 Å². The van der Waals surface area contributed by atoms with E-state index in [0.717, 1.165) is 46.9 Å². The average Bonchev–Trinajstić information content (AvgIpc) is 3.32. The van der Waals surface area contributed by atoms with Crippen molar-refractivity contribution < 1.29 is 48.0 Å². The van der Waals surface area contributed by atoms with Crippen LogP contribution in [0.1, 0.15) is 21.3 Å². The summed E-state index contributed by atoms with van der Waals surface area (Å²) >= 11 is 1.95. The summed E-state index contributed by atoms with van der Waals surface area (Å²) in [7, 11) is -11.0. The van der Waals surface area contributed by atoms with E-state index < -0.39 is 47.1 Å². The topological polar surface area (TPSA) is 111 Å². The molecule has 36 heavy (non-hydrogen) atoms. The third kappa shape index (κ3) is 6.12. The number of aromatic nitrogens is 2. The van der Waals surface area contributed by atoms with Gasteiger partial charge >= 0.3 is 11.0 Å². The molecule has 0 N–H and O–H groups in total. The number of aryl methyl sites for hydroxylation is 1. The smallest absolute Gasteiger partial charge is 0.299 e. The Morgan fingerprint density at radius 2 is 1.53 bits per heavy atom. The SMILES string of the molecule is Cc1nc(CS(=O)(=O)C(F)(F)F)c(-c2csc(CC(=O)Cc3ccc(S(=O)(=O)C(F)(F)F)cc3)n2)s1. The third-order valence-electron chi connectivity index (χ3n) is 4.56. The minimum absolute atomic E-state index is 0.122. The molecular weight excluding hydrogens is 578 g/mol. The summed E-state index contributed by atoms with van der Waals surface area (Å²) in [5, 5.41) is 2.02. The molecule has 0 aliphatic carbocycles. The molecule has 3 aromatic rings. The molecule has 0 atom stereocenters. The highest BCUT2D eigenvalue weighted by Crippen LogP contribution is 2.35. The van der Waals surface area contributed by atoms with Crippen molar-refractivity contribution in [2.75, 3.05) is 0 Å². The Hall–Kier alpha value is -2.37. The Morgan fingerprint density at radius 3 is 2.08 bits per heavy atom. The van der Waals surface area contributed by atoms with E-state index in [4.69, 9.17) is 0 Å². The molecule has 196 valence electrons. The number of sulfone groups is 2. The average molecular weight is 593 g/mol. The molecule has 7 nitrogen and oxygen atoms in total. The van der Waals surface area contributed by atoms with Crippen LogP contribution in [0.3, 0.4) is 0 Å². The van der Waals surface area contributed by atoms with Crippen LogP contribution in [0.15, 0.2) is 34.5 Å². The number of benzene rings is 1. The van der Waals surface area contributed by atoms with Gasteiger partial charge in [0.15, 0.2) is 0 Å². The Morgan fingerprint density at radius 1 is 0.917 bits per heavy atom. The van der Waals surface area contributed by atoms with Gasteiger partial charge in [0.05, 0.1) is 32.6 Å². The number of carbonyl (C=O) groups is 1. The minimum Gasteiger partial charge on any atom is -0.299 e. The molecule has 3 rings (SSSR count). The van der Waals surface area contributed by atoms with Crippen LogP contribution in [0.4, 0.5) is 26.3 Å². The number of Topliss-reactive ketones (excluding diaryl/α,β-unsaturated/α-hetero) is 1. The quantitative estimate of drug-likeness (QED) is 0.350. The lowest BCUT2D eigenvalue weighted by atomic mass is 10.1. The first-order valence-corrected chi connectivity index (χ1v) is 14.4. The van der Waals surface area contributed by atoms with Crippen molar-refractivity contribution in [1.29, 1.82) is 0 Å². The van der Waals surface area contributed by atoms with E-state index in [-0.39, 0.29) is 39.7 Å². The molecule has 0 aliphatic heterocycles. The summed E-state index contributed by atoms with van der Waals surface area (Å²) in [5.74, 6) is -1.77. The van der Waals surface area contributed by atoms with E-state index in [9.17, 15) is 48.0 Å². The van der Waals surface area contributed by atoms with Crippen LogP contribution in [-0.2, 0) is 43.1 Å². The first-order chi connectivity index (χ1) is 16.4. The van der Waals surface area contributed by atoms with E-state index in [0.29, 0.717) is 5.01 Å². The van der Waals surface area contributed by atoms with Crippen molar-refractivity contribution in [2.24, 2.45) is 0 Å². The van der Waals surface area contributed by atoms with Gasteiger partial charge in [-0.25, -0.2) is 26.8 Å². The number of ketones is 1. The number of halogens is 6. The normalized spacial score (nSPS) is 13.2. The minimum atomic E-state index is -5.51. The molecule has 0 fully saturated rings. The van der Waals surface area contributed by atoms with Gasteiger partial charge in [0.25, 0.3) is 19.7 Å². The second kappa shape index (κ2) is 9.83. The molecule has 0 bridgehead atoms. The molecule has 0 amide bonds. The van der Waals surface area contributed by atoms with Gasteiger partial charge in [0, 0.05) is 11.8 Å². The first kappa shape index (κ1) is 28.2. The maximum Gasteiger partial charge on any atom is 0.501 e. The summed E-state index contributed by atoms with van der Waals surface area (Å²) < 4.78 is 122. The van der Waals surface area contributed by atoms with Gasteiger partial charge in [0.2, 0.25) is 0 Å². The molecule has 0 spiro atoms. The van der Waals surface area contributed by atoms with Crippen LogP contribution < -0.4 is 0 Å². The number of hydrogen-bond donors (Lipinski definition) is 0. The fraction of sp³-hybridized carbons (Fsp3) is 0.316. The Bertz CT molecular complexity index is 1490. The van der Waals surface area contributed by atoms with Crippen molar-refractivity contribution >= 4 is 48.1 Å².